The summed E-state index contributed by atoms with van der Waals surface area (Å²) in [5, 5.41) is 14.1. The van der Waals surface area contributed by atoms with Gasteiger partial charge >= 0.3 is 0 Å². The summed E-state index contributed by atoms with van der Waals surface area (Å²) >= 11 is 0. The minimum atomic E-state index is -0.720. The molecule has 0 aromatic heterocycles. The number of carbonyl (C=O) groups excluding carboxylic acids is 1. The maximum Gasteiger partial charge on any atom is 0.251 e. The lowest BCUT2D eigenvalue weighted by atomic mass is 9.71. The summed E-state index contributed by atoms with van der Waals surface area (Å²) in [7, 11) is 1.55. The van der Waals surface area contributed by atoms with Crippen LogP contribution in [0, 0.1) is 5.92 Å². The highest BCUT2D eigenvalue weighted by atomic mass is 16.7. The minimum absolute atomic E-state index is 0.0357. The Labute approximate surface area is 165 Å². The molecule has 0 spiro atoms. The number of methoxy groups -OCH3 is 1. The van der Waals surface area contributed by atoms with Crippen LogP contribution in [0.1, 0.15) is 41.1 Å². The molecule has 1 aliphatic carbocycles. The van der Waals surface area contributed by atoms with Crippen LogP contribution in [0.15, 0.2) is 60.7 Å². The molecule has 148 valence electrons. The lowest BCUT2D eigenvalue weighted by Gasteiger charge is -2.48. The van der Waals surface area contributed by atoms with Gasteiger partial charge in [-0.2, -0.15) is 0 Å². The van der Waals surface area contributed by atoms with Gasteiger partial charge in [0, 0.05) is 18.6 Å². The van der Waals surface area contributed by atoms with Gasteiger partial charge in [-0.15, -0.1) is 0 Å². The van der Waals surface area contributed by atoms with Crippen molar-refractivity contribution in [2.45, 2.75) is 49.7 Å². The Morgan fingerprint density at radius 2 is 1.75 bits per heavy atom. The zero-order chi connectivity index (χ0) is 19.5. The SMILES string of the molecule is CO[C@@H]1O[C@@H]2CC[C@H](c3ccccc3)C[C@@H]2[C@@H](O)[C@@H]1NC(=O)c1ccccc1. The van der Waals surface area contributed by atoms with Gasteiger partial charge in [0.2, 0.25) is 0 Å². The van der Waals surface area contributed by atoms with Crippen molar-refractivity contribution in [1.29, 1.82) is 0 Å². The number of amides is 1. The molecule has 1 amide bonds. The van der Waals surface area contributed by atoms with Gasteiger partial charge in [0.15, 0.2) is 6.29 Å². The zero-order valence-electron chi connectivity index (χ0n) is 16.0. The molecule has 6 atom stereocenters. The molecule has 2 N–H and O–H groups in total. The fraction of sp³-hybridized carbons (Fsp3) is 0.435. The molecular weight excluding hydrogens is 354 g/mol. The summed E-state index contributed by atoms with van der Waals surface area (Å²) < 4.78 is 11.6. The van der Waals surface area contributed by atoms with Crippen molar-refractivity contribution in [3.63, 3.8) is 0 Å². The predicted molar refractivity (Wildman–Crippen MR) is 106 cm³/mol. The van der Waals surface area contributed by atoms with E-state index in [-0.39, 0.29) is 17.9 Å². The highest BCUT2D eigenvalue weighted by Gasteiger charge is 2.48. The van der Waals surface area contributed by atoms with E-state index < -0.39 is 18.4 Å². The molecule has 1 heterocycles. The fourth-order valence-electron chi connectivity index (χ4n) is 4.60. The van der Waals surface area contributed by atoms with Crippen LogP contribution in [-0.4, -0.2) is 42.7 Å². The van der Waals surface area contributed by atoms with E-state index in [1.165, 1.54) is 5.56 Å². The van der Waals surface area contributed by atoms with Crippen LogP contribution in [0.5, 0.6) is 0 Å². The molecular formula is C23H27NO4. The Kier molecular flexibility index (Phi) is 5.76. The van der Waals surface area contributed by atoms with E-state index >= 15 is 0 Å². The number of benzene rings is 2. The van der Waals surface area contributed by atoms with Crippen LogP contribution in [0.2, 0.25) is 0 Å². The molecule has 1 aliphatic heterocycles. The highest BCUT2D eigenvalue weighted by molar-refractivity contribution is 5.94. The number of aliphatic hydroxyl groups excluding tert-OH is 1. The molecule has 5 nitrogen and oxygen atoms in total. The number of nitrogens with one attached hydrogen (secondary N) is 1. The number of hydrogen-bond acceptors (Lipinski definition) is 4. The van der Waals surface area contributed by atoms with Crippen molar-refractivity contribution in [2.75, 3.05) is 7.11 Å². The van der Waals surface area contributed by atoms with E-state index in [1.54, 1.807) is 19.2 Å². The Morgan fingerprint density at radius 3 is 2.43 bits per heavy atom. The van der Waals surface area contributed by atoms with Crippen molar-refractivity contribution in [2.24, 2.45) is 5.92 Å². The third kappa shape index (κ3) is 3.83. The lowest BCUT2D eigenvalue weighted by Crippen LogP contribution is -2.62. The first kappa shape index (κ1) is 19.1. The highest BCUT2D eigenvalue weighted by Crippen LogP contribution is 2.43. The first-order chi connectivity index (χ1) is 13.7. The summed E-state index contributed by atoms with van der Waals surface area (Å²) in [4.78, 5) is 12.6. The number of carbonyl (C=O) groups is 1. The van der Waals surface area contributed by atoms with Crippen molar-refractivity contribution >= 4 is 5.91 Å². The van der Waals surface area contributed by atoms with E-state index in [9.17, 15) is 9.90 Å². The Morgan fingerprint density at radius 1 is 1.07 bits per heavy atom. The first-order valence-corrected chi connectivity index (χ1v) is 9.94. The molecule has 0 bridgehead atoms. The maximum absolute atomic E-state index is 12.6. The topological polar surface area (TPSA) is 67.8 Å². The second-order valence-electron chi connectivity index (χ2n) is 7.72. The fourth-order valence-corrected chi connectivity index (χ4v) is 4.60. The largest absolute Gasteiger partial charge is 0.390 e. The summed E-state index contributed by atoms with van der Waals surface area (Å²) in [6.07, 6.45) is 1.31. The third-order valence-electron chi connectivity index (χ3n) is 6.08. The predicted octanol–water partition coefficient (Wildman–Crippen LogP) is 3.10. The monoisotopic (exact) mass is 381 g/mol. The van der Waals surface area contributed by atoms with Crippen LogP contribution in [-0.2, 0) is 9.47 Å². The van der Waals surface area contributed by atoms with Gasteiger partial charge in [-0.25, -0.2) is 0 Å². The molecule has 2 aromatic rings. The molecule has 28 heavy (non-hydrogen) atoms. The summed E-state index contributed by atoms with van der Waals surface area (Å²) in [6.45, 7) is 0. The van der Waals surface area contributed by atoms with Gasteiger partial charge in [-0.05, 0) is 42.9 Å². The standard InChI is InChI=1S/C23H27NO4/c1-27-23-20(24-22(26)16-10-6-3-7-11-16)21(25)18-14-17(12-13-19(18)28-23)15-8-4-2-5-9-15/h2-11,17-21,23,25H,12-14H2,1H3,(H,24,26)/t17-,18-,19+,20-,21+,23+/m0/s1. The second-order valence-corrected chi connectivity index (χ2v) is 7.72. The van der Waals surface area contributed by atoms with Crippen LogP contribution in [0.25, 0.3) is 0 Å². The zero-order valence-corrected chi connectivity index (χ0v) is 16.0. The molecule has 0 unspecified atom stereocenters. The maximum atomic E-state index is 12.6. The van der Waals surface area contributed by atoms with Crippen molar-refractivity contribution in [3.05, 3.63) is 71.8 Å². The Balaban J connectivity index is 1.50. The van der Waals surface area contributed by atoms with Gasteiger partial charge in [-0.3, -0.25) is 4.79 Å². The molecule has 4 rings (SSSR count). The second kappa shape index (κ2) is 8.43. The van der Waals surface area contributed by atoms with E-state index in [0.29, 0.717) is 11.5 Å². The molecule has 2 fully saturated rings. The van der Waals surface area contributed by atoms with Crippen LogP contribution in [0.3, 0.4) is 0 Å². The normalized spacial score (nSPS) is 32.4. The van der Waals surface area contributed by atoms with Crippen molar-refractivity contribution in [3.8, 4) is 0 Å². The average molecular weight is 381 g/mol. The van der Waals surface area contributed by atoms with Gasteiger partial charge in [0.25, 0.3) is 5.91 Å². The van der Waals surface area contributed by atoms with Gasteiger partial charge < -0.3 is 19.9 Å². The van der Waals surface area contributed by atoms with Crippen LogP contribution in [0.4, 0.5) is 0 Å². The van der Waals surface area contributed by atoms with Crippen LogP contribution < -0.4 is 5.32 Å². The summed E-state index contributed by atoms with van der Waals surface area (Å²) in [6, 6.07) is 18.8. The minimum Gasteiger partial charge on any atom is -0.390 e. The molecule has 1 saturated heterocycles. The van der Waals surface area contributed by atoms with Crippen LogP contribution >= 0.6 is 0 Å². The number of hydrogen-bond donors (Lipinski definition) is 2. The first-order valence-electron chi connectivity index (χ1n) is 9.94. The average Bonchev–Trinajstić information content (AvgIpc) is 2.76. The number of aliphatic hydroxyl groups is 1. The molecule has 0 radical (unpaired) electrons. The van der Waals surface area contributed by atoms with Crippen molar-refractivity contribution < 1.29 is 19.4 Å². The van der Waals surface area contributed by atoms with Gasteiger partial charge in [-0.1, -0.05) is 48.5 Å². The van der Waals surface area contributed by atoms with Gasteiger partial charge in [0.1, 0.15) is 6.04 Å². The number of fused-ring (bicyclic) bond motifs is 1. The number of ether oxygens (including phenoxy) is 2. The van der Waals surface area contributed by atoms with Crippen molar-refractivity contribution in [1.82, 2.24) is 5.32 Å². The third-order valence-corrected chi connectivity index (χ3v) is 6.08. The number of rotatable bonds is 4. The van der Waals surface area contributed by atoms with Gasteiger partial charge in [0.05, 0.1) is 12.2 Å². The summed E-state index contributed by atoms with van der Waals surface area (Å²) in [5.41, 5.74) is 1.85. The lowest BCUT2D eigenvalue weighted by molar-refractivity contribution is -0.248. The molecule has 5 heteroatoms. The van der Waals surface area contributed by atoms with E-state index in [2.05, 4.69) is 29.6 Å². The smallest absolute Gasteiger partial charge is 0.251 e. The van der Waals surface area contributed by atoms with E-state index in [4.69, 9.17) is 9.47 Å². The molecule has 1 saturated carbocycles. The Hall–Kier alpha value is -2.21. The quantitative estimate of drug-likeness (QED) is 0.854. The van der Waals surface area contributed by atoms with E-state index in [0.717, 1.165) is 19.3 Å². The molecule has 2 aliphatic rings. The van der Waals surface area contributed by atoms with E-state index in [1.807, 2.05) is 24.3 Å². The molecule has 2 aromatic carbocycles. The summed E-state index contributed by atoms with van der Waals surface area (Å²) in [5.74, 6) is 0.126. The Bertz CT molecular complexity index is 782.